The molecule has 0 aliphatic carbocycles. The Morgan fingerprint density at radius 1 is 1.24 bits per heavy atom. The van der Waals surface area contributed by atoms with Crippen LogP contribution in [0.2, 0.25) is 18.1 Å². The van der Waals surface area contributed by atoms with Crippen LogP contribution in [0.5, 0.6) is 0 Å². The van der Waals surface area contributed by atoms with Gasteiger partial charge >= 0.3 is 6.09 Å². The third-order valence-corrected chi connectivity index (χ3v) is 11.7. The van der Waals surface area contributed by atoms with E-state index >= 15 is 0 Å². The van der Waals surface area contributed by atoms with Gasteiger partial charge in [-0.1, -0.05) is 71.0 Å². The van der Waals surface area contributed by atoms with Crippen LogP contribution in [0.1, 0.15) is 53.5 Å². The van der Waals surface area contributed by atoms with Gasteiger partial charge in [0.2, 0.25) is 8.32 Å². The van der Waals surface area contributed by atoms with E-state index in [0.717, 1.165) is 17.6 Å². The molecule has 1 aromatic rings. The van der Waals surface area contributed by atoms with Crippen molar-refractivity contribution in [2.45, 2.75) is 78.6 Å². The average Bonchev–Trinajstić information content (AvgIpc) is 3.11. The summed E-state index contributed by atoms with van der Waals surface area (Å²) in [5.41, 5.74) is 2.21. The predicted molar refractivity (Wildman–Crippen MR) is 136 cm³/mol. The Labute approximate surface area is 201 Å². The lowest BCUT2D eigenvalue weighted by molar-refractivity contribution is -0.124. The summed E-state index contributed by atoms with van der Waals surface area (Å²) in [5, 5.41) is 0.155. The highest BCUT2D eigenvalue weighted by Gasteiger charge is 2.44. The molecule has 0 aromatic heterocycles. The molecule has 2 amide bonds. The molecule has 1 aliphatic heterocycles. The SMILES string of the molecule is C/C(=C/O[Si](C)(C)C(C)(C)C(C)C)C[C@@H](C)/C=C/C(=O)N1C(=O)OC[C@@H]1Cc1ccccc1. The van der Waals surface area contributed by atoms with Gasteiger partial charge in [0.05, 0.1) is 12.3 Å². The summed E-state index contributed by atoms with van der Waals surface area (Å²) in [6, 6.07) is 9.56. The van der Waals surface area contributed by atoms with Gasteiger partial charge in [-0.3, -0.25) is 4.79 Å². The Hall–Kier alpha value is -2.34. The van der Waals surface area contributed by atoms with Crippen molar-refractivity contribution in [3.63, 3.8) is 0 Å². The fourth-order valence-electron chi connectivity index (χ4n) is 3.81. The van der Waals surface area contributed by atoms with E-state index in [2.05, 4.69) is 54.6 Å². The molecular formula is C27H41NO4Si. The normalized spacial score (nSPS) is 18.7. The quantitative estimate of drug-likeness (QED) is 0.216. The number of carbonyl (C=O) groups is 2. The molecule has 1 fully saturated rings. The number of hydrogen-bond acceptors (Lipinski definition) is 4. The van der Waals surface area contributed by atoms with E-state index in [1.165, 1.54) is 11.0 Å². The van der Waals surface area contributed by atoms with Gasteiger partial charge in [0.25, 0.3) is 5.91 Å². The molecule has 33 heavy (non-hydrogen) atoms. The standard InChI is InChI=1S/C27H41NO4Si/c1-20(2)27(5,6)33(7,8)32-18-22(4)16-21(3)14-15-25(29)28-24(19-31-26(28)30)17-23-12-10-9-11-13-23/h9-15,18,20-21,24H,16-17,19H2,1-8H3/b15-14+,22-18-/t21-,24-/m0/s1. The van der Waals surface area contributed by atoms with Crippen LogP contribution < -0.4 is 0 Å². The fourth-order valence-corrected chi connectivity index (χ4v) is 6.00. The van der Waals surface area contributed by atoms with E-state index in [4.69, 9.17) is 9.16 Å². The van der Waals surface area contributed by atoms with Crippen molar-refractivity contribution in [2.24, 2.45) is 11.8 Å². The first kappa shape index (κ1) is 26.9. The molecule has 1 heterocycles. The second kappa shape index (κ2) is 11.2. The minimum atomic E-state index is -1.92. The zero-order valence-corrected chi connectivity index (χ0v) is 22.6. The highest BCUT2D eigenvalue weighted by Crippen LogP contribution is 2.44. The van der Waals surface area contributed by atoms with Gasteiger partial charge in [-0.2, -0.15) is 0 Å². The van der Waals surface area contributed by atoms with Crippen LogP contribution in [0.4, 0.5) is 4.79 Å². The maximum Gasteiger partial charge on any atom is 0.417 e. The third-order valence-electron chi connectivity index (χ3n) is 7.27. The van der Waals surface area contributed by atoms with Crippen LogP contribution in [0, 0.1) is 11.8 Å². The van der Waals surface area contributed by atoms with Crippen molar-refractivity contribution in [3.05, 3.63) is 59.9 Å². The van der Waals surface area contributed by atoms with Crippen molar-refractivity contribution < 1.29 is 18.8 Å². The molecule has 0 unspecified atom stereocenters. The smallest absolute Gasteiger partial charge is 0.417 e. The lowest BCUT2D eigenvalue weighted by Gasteiger charge is -2.41. The Kier molecular flexibility index (Phi) is 9.12. The summed E-state index contributed by atoms with van der Waals surface area (Å²) in [4.78, 5) is 26.2. The average molecular weight is 472 g/mol. The van der Waals surface area contributed by atoms with Gasteiger partial charge in [0.1, 0.15) is 6.61 Å². The Bertz CT molecular complexity index is 873. The second-order valence-electron chi connectivity index (χ2n) is 10.6. The molecule has 0 N–H and O–H groups in total. The molecular weight excluding hydrogens is 430 g/mol. The van der Waals surface area contributed by atoms with E-state index in [9.17, 15) is 9.59 Å². The Balaban J connectivity index is 1.95. The number of cyclic esters (lactones) is 1. The molecule has 2 rings (SSSR count). The van der Waals surface area contributed by atoms with Crippen LogP contribution in [0.3, 0.4) is 0 Å². The van der Waals surface area contributed by atoms with Crippen molar-refractivity contribution in [1.82, 2.24) is 4.90 Å². The van der Waals surface area contributed by atoms with Crippen LogP contribution >= 0.6 is 0 Å². The van der Waals surface area contributed by atoms with Crippen molar-refractivity contribution in [1.29, 1.82) is 0 Å². The number of rotatable bonds is 10. The zero-order valence-electron chi connectivity index (χ0n) is 21.6. The van der Waals surface area contributed by atoms with E-state index < -0.39 is 14.4 Å². The molecule has 0 bridgehead atoms. The summed E-state index contributed by atoms with van der Waals surface area (Å²) in [6.07, 6.45) is 6.09. The highest BCUT2D eigenvalue weighted by atomic mass is 28.4. The summed E-state index contributed by atoms with van der Waals surface area (Å²) in [5.74, 6) is 0.363. The Morgan fingerprint density at radius 2 is 1.88 bits per heavy atom. The minimum Gasteiger partial charge on any atom is -0.549 e. The topological polar surface area (TPSA) is 55.8 Å². The summed E-state index contributed by atoms with van der Waals surface area (Å²) >= 11 is 0. The van der Waals surface area contributed by atoms with Gasteiger partial charge in [-0.05, 0) is 66.9 Å². The molecule has 5 nitrogen and oxygen atoms in total. The van der Waals surface area contributed by atoms with E-state index in [0.29, 0.717) is 12.3 Å². The van der Waals surface area contributed by atoms with Crippen LogP contribution in [-0.2, 0) is 20.4 Å². The molecule has 0 spiro atoms. The molecule has 1 aliphatic rings. The maximum absolute atomic E-state index is 12.8. The number of imide groups is 1. The van der Waals surface area contributed by atoms with Gasteiger partial charge in [-0.25, -0.2) is 9.69 Å². The largest absolute Gasteiger partial charge is 0.549 e. The molecule has 6 heteroatoms. The van der Waals surface area contributed by atoms with E-state index in [1.807, 2.05) is 42.7 Å². The highest BCUT2D eigenvalue weighted by molar-refractivity contribution is 6.74. The summed E-state index contributed by atoms with van der Waals surface area (Å²) < 4.78 is 11.5. The summed E-state index contributed by atoms with van der Waals surface area (Å²) in [6.45, 7) is 18.0. The molecule has 0 saturated carbocycles. The van der Waals surface area contributed by atoms with Crippen LogP contribution in [0.25, 0.3) is 0 Å². The van der Waals surface area contributed by atoms with E-state index in [-0.39, 0.29) is 29.5 Å². The lowest BCUT2D eigenvalue weighted by Crippen LogP contribution is -2.44. The summed E-state index contributed by atoms with van der Waals surface area (Å²) in [7, 11) is -1.92. The number of nitrogens with zero attached hydrogens (tertiary/aromatic N) is 1. The first-order valence-electron chi connectivity index (χ1n) is 11.9. The van der Waals surface area contributed by atoms with Gasteiger partial charge < -0.3 is 9.16 Å². The fraction of sp³-hybridized carbons (Fsp3) is 0.556. The number of ether oxygens (including phenoxy) is 1. The molecule has 2 atom stereocenters. The molecule has 182 valence electrons. The molecule has 0 radical (unpaired) electrons. The molecule has 1 aromatic carbocycles. The Morgan fingerprint density at radius 3 is 2.48 bits per heavy atom. The van der Waals surface area contributed by atoms with Crippen molar-refractivity contribution >= 4 is 20.3 Å². The number of amides is 2. The van der Waals surface area contributed by atoms with Gasteiger partial charge in [0.15, 0.2) is 0 Å². The first-order chi connectivity index (χ1) is 15.3. The zero-order chi connectivity index (χ0) is 24.8. The van der Waals surface area contributed by atoms with Crippen LogP contribution in [0.15, 0.2) is 54.3 Å². The van der Waals surface area contributed by atoms with Crippen molar-refractivity contribution in [3.8, 4) is 0 Å². The van der Waals surface area contributed by atoms with Crippen molar-refractivity contribution in [2.75, 3.05) is 6.61 Å². The number of allylic oxidation sites excluding steroid dienone is 2. The lowest BCUT2D eigenvalue weighted by atomic mass is 9.99. The van der Waals surface area contributed by atoms with Gasteiger partial charge in [0, 0.05) is 0 Å². The first-order valence-corrected chi connectivity index (χ1v) is 14.8. The monoisotopic (exact) mass is 471 g/mol. The third kappa shape index (κ3) is 7.07. The predicted octanol–water partition coefficient (Wildman–Crippen LogP) is 6.72. The maximum atomic E-state index is 12.8. The number of hydrogen-bond donors (Lipinski definition) is 0. The second-order valence-corrected chi connectivity index (χ2v) is 15.2. The minimum absolute atomic E-state index is 0.142. The van der Waals surface area contributed by atoms with E-state index in [1.54, 1.807) is 0 Å². The molecule has 1 saturated heterocycles. The van der Waals surface area contributed by atoms with Gasteiger partial charge in [-0.15, -0.1) is 0 Å². The number of benzene rings is 1. The van der Waals surface area contributed by atoms with Crippen LogP contribution in [-0.4, -0.2) is 37.9 Å². The number of carbonyl (C=O) groups excluding carboxylic acids is 2.